The normalized spacial score (nSPS) is 10.8. The number of carbonyl (C=O) groups excluding carboxylic acids is 1. The van der Waals surface area contributed by atoms with Crippen molar-refractivity contribution in [1.29, 1.82) is 0 Å². The minimum atomic E-state index is -0.720. The van der Waals surface area contributed by atoms with Crippen LogP contribution in [-0.2, 0) is 9.53 Å². The minimum Gasteiger partial charge on any atom is -0.467 e. The van der Waals surface area contributed by atoms with Gasteiger partial charge in [-0.25, -0.2) is 4.79 Å². The maximum absolute atomic E-state index is 10.7. The zero-order valence-corrected chi connectivity index (χ0v) is 5.76. The van der Waals surface area contributed by atoms with Gasteiger partial charge in [-0.05, 0) is 6.20 Å². The summed E-state index contributed by atoms with van der Waals surface area (Å²) < 4.78 is 4.36. The first-order valence-corrected chi connectivity index (χ1v) is 2.67. The molecule has 10 heavy (non-hydrogen) atoms. The van der Waals surface area contributed by atoms with Crippen LogP contribution in [0.1, 0.15) is 0 Å². The summed E-state index contributed by atoms with van der Waals surface area (Å²) in [6.07, 6.45) is 6.32. The lowest BCUT2D eigenvalue weighted by atomic mass is 10.3. The highest BCUT2D eigenvalue weighted by atomic mass is 16.5. The van der Waals surface area contributed by atoms with Gasteiger partial charge < -0.3 is 10.1 Å². The first-order valence-electron chi connectivity index (χ1n) is 2.67. The molecule has 0 aliphatic heterocycles. The SMILES string of the molecule is C#C[C@H](NC=C)C(=O)OC. The van der Waals surface area contributed by atoms with Crippen LogP contribution in [0.4, 0.5) is 0 Å². The number of hydrogen-bond acceptors (Lipinski definition) is 3. The maximum atomic E-state index is 10.7. The zero-order chi connectivity index (χ0) is 7.98. The monoisotopic (exact) mass is 139 g/mol. The molecule has 54 valence electrons. The molecule has 0 aromatic rings. The van der Waals surface area contributed by atoms with Crippen LogP contribution in [0.3, 0.4) is 0 Å². The molecule has 0 heterocycles. The highest BCUT2D eigenvalue weighted by molar-refractivity contribution is 5.79. The summed E-state index contributed by atoms with van der Waals surface area (Å²) in [5, 5.41) is 2.54. The van der Waals surface area contributed by atoms with Crippen molar-refractivity contribution in [1.82, 2.24) is 5.32 Å². The molecule has 0 amide bonds. The lowest BCUT2D eigenvalue weighted by Gasteiger charge is -2.06. The summed E-state index contributed by atoms with van der Waals surface area (Å²) in [5.41, 5.74) is 0. The van der Waals surface area contributed by atoms with Crippen LogP contribution < -0.4 is 5.32 Å². The Bertz CT molecular complexity index is 169. The molecule has 0 bridgehead atoms. The van der Waals surface area contributed by atoms with E-state index in [-0.39, 0.29) is 0 Å². The number of terminal acetylenes is 1. The Morgan fingerprint density at radius 2 is 2.60 bits per heavy atom. The second-order valence-electron chi connectivity index (χ2n) is 1.49. The summed E-state index contributed by atoms with van der Waals surface area (Å²) in [7, 11) is 1.28. The summed E-state index contributed by atoms with van der Waals surface area (Å²) in [6.45, 7) is 3.35. The van der Waals surface area contributed by atoms with Gasteiger partial charge in [-0.1, -0.05) is 12.5 Å². The molecule has 0 fully saturated rings. The molecule has 0 aliphatic rings. The van der Waals surface area contributed by atoms with Gasteiger partial charge in [0.2, 0.25) is 0 Å². The Hall–Kier alpha value is -1.43. The van der Waals surface area contributed by atoms with Gasteiger partial charge in [0.05, 0.1) is 7.11 Å². The standard InChI is InChI=1S/C7H9NO2/c1-4-6(8-5-2)7(9)10-3/h1,5-6,8H,2H2,3H3/t6-/m0/s1. The van der Waals surface area contributed by atoms with E-state index in [0.717, 1.165) is 0 Å². The fraction of sp³-hybridized carbons (Fsp3) is 0.286. The molecule has 3 heteroatoms. The number of rotatable bonds is 3. The van der Waals surface area contributed by atoms with E-state index in [1.807, 2.05) is 0 Å². The Morgan fingerprint density at radius 1 is 2.00 bits per heavy atom. The second kappa shape index (κ2) is 4.45. The van der Waals surface area contributed by atoms with Crippen LogP contribution >= 0.6 is 0 Å². The molecule has 0 aliphatic carbocycles. The molecule has 1 atom stereocenters. The topological polar surface area (TPSA) is 38.3 Å². The predicted molar refractivity (Wildman–Crippen MR) is 38.0 cm³/mol. The molecular formula is C7H9NO2. The molecule has 0 aromatic heterocycles. The van der Waals surface area contributed by atoms with Crippen molar-refractivity contribution in [2.45, 2.75) is 6.04 Å². The molecule has 1 N–H and O–H groups in total. The Balaban J connectivity index is 3.96. The first-order chi connectivity index (χ1) is 4.76. The van der Waals surface area contributed by atoms with Crippen molar-refractivity contribution in [3.05, 3.63) is 12.8 Å². The fourth-order valence-electron chi connectivity index (χ4n) is 0.420. The molecule has 0 saturated carbocycles. The maximum Gasteiger partial charge on any atom is 0.340 e. The van der Waals surface area contributed by atoms with Crippen molar-refractivity contribution in [3.8, 4) is 12.3 Å². The summed E-state index contributed by atoms with van der Waals surface area (Å²) in [4.78, 5) is 10.7. The van der Waals surface area contributed by atoms with Gasteiger partial charge in [0.15, 0.2) is 6.04 Å². The van der Waals surface area contributed by atoms with Crippen molar-refractivity contribution in [2.75, 3.05) is 7.11 Å². The molecule has 0 saturated heterocycles. The fourth-order valence-corrected chi connectivity index (χ4v) is 0.420. The highest BCUT2D eigenvalue weighted by Gasteiger charge is 2.12. The van der Waals surface area contributed by atoms with Gasteiger partial charge in [0.25, 0.3) is 0 Å². The predicted octanol–water partition coefficient (Wildman–Crippen LogP) is -0.106. The van der Waals surface area contributed by atoms with E-state index in [2.05, 4.69) is 22.6 Å². The first kappa shape index (κ1) is 8.57. The van der Waals surface area contributed by atoms with Crippen molar-refractivity contribution in [2.24, 2.45) is 0 Å². The number of methoxy groups -OCH3 is 1. The van der Waals surface area contributed by atoms with Crippen LogP contribution in [0.25, 0.3) is 0 Å². The lowest BCUT2D eigenvalue weighted by Crippen LogP contribution is -2.32. The summed E-state index contributed by atoms with van der Waals surface area (Å²) in [5.74, 6) is 1.71. The van der Waals surface area contributed by atoms with Gasteiger partial charge in [-0.15, -0.1) is 6.42 Å². The Labute approximate surface area is 60.1 Å². The molecule has 0 unspecified atom stereocenters. The van der Waals surface area contributed by atoms with Gasteiger partial charge in [0.1, 0.15) is 0 Å². The average Bonchev–Trinajstić information content (AvgIpc) is 1.99. The second-order valence-corrected chi connectivity index (χ2v) is 1.49. The van der Waals surface area contributed by atoms with Crippen molar-refractivity contribution < 1.29 is 9.53 Å². The van der Waals surface area contributed by atoms with Gasteiger partial charge >= 0.3 is 5.97 Å². The van der Waals surface area contributed by atoms with Crippen LogP contribution in [0.2, 0.25) is 0 Å². The minimum absolute atomic E-state index is 0.484. The molecule has 0 rings (SSSR count). The number of carbonyl (C=O) groups is 1. The number of ether oxygens (including phenoxy) is 1. The molecule has 0 spiro atoms. The van der Waals surface area contributed by atoms with Gasteiger partial charge in [0, 0.05) is 0 Å². The zero-order valence-electron chi connectivity index (χ0n) is 5.76. The Morgan fingerprint density at radius 3 is 2.90 bits per heavy atom. The van der Waals surface area contributed by atoms with E-state index >= 15 is 0 Å². The van der Waals surface area contributed by atoms with E-state index < -0.39 is 12.0 Å². The van der Waals surface area contributed by atoms with E-state index in [0.29, 0.717) is 0 Å². The molecular weight excluding hydrogens is 130 g/mol. The van der Waals surface area contributed by atoms with Crippen LogP contribution in [0.5, 0.6) is 0 Å². The highest BCUT2D eigenvalue weighted by Crippen LogP contribution is 1.83. The van der Waals surface area contributed by atoms with Gasteiger partial charge in [-0.2, -0.15) is 0 Å². The van der Waals surface area contributed by atoms with Crippen LogP contribution in [0.15, 0.2) is 12.8 Å². The van der Waals surface area contributed by atoms with Gasteiger partial charge in [-0.3, -0.25) is 0 Å². The lowest BCUT2D eigenvalue weighted by molar-refractivity contribution is -0.141. The van der Waals surface area contributed by atoms with E-state index in [9.17, 15) is 4.79 Å². The molecule has 0 aromatic carbocycles. The molecule has 3 nitrogen and oxygen atoms in total. The summed E-state index contributed by atoms with van der Waals surface area (Å²) >= 11 is 0. The smallest absolute Gasteiger partial charge is 0.340 e. The Kier molecular flexibility index (Phi) is 3.81. The number of nitrogens with one attached hydrogen (secondary N) is 1. The third kappa shape index (κ3) is 2.23. The van der Waals surface area contributed by atoms with E-state index in [4.69, 9.17) is 6.42 Å². The van der Waals surface area contributed by atoms with E-state index in [1.54, 1.807) is 0 Å². The van der Waals surface area contributed by atoms with Crippen LogP contribution in [0, 0.1) is 12.3 Å². The summed E-state index contributed by atoms with van der Waals surface area (Å²) in [6, 6.07) is -0.720. The number of esters is 1. The quantitative estimate of drug-likeness (QED) is 0.438. The molecule has 0 radical (unpaired) electrons. The third-order valence-electron chi connectivity index (χ3n) is 0.888. The average molecular weight is 139 g/mol. The third-order valence-corrected chi connectivity index (χ3v) is 0.888. The number of hydrogen-bond donors (Lipinski definition) is 1. The van der Waals surface area contributed by atoms with Crippen LogP contribution in [-0.4, -0.2) is 19.1 Å². The largest absolute Gasteiger partial charge is 0.467 e. The van der Waals surface area contributed by atoms with Crippen molar-refractivity contribution >= 4 is 5.97 Å². The van der Waals surface area contributed by atoms with E-state index in [1.165, 1.54) is 13.3 Å². The van der Waals surface area contributed by atoms with Crippen molar-refractivity contribution in [3.63, 3.8) is 0 Å².